The van der Waals surface area contributed by atoms with Crippen molar-refractivity contribution >= 4 is 11.8 Å². The first-order valence-corrected chi connectivity index (χ1v) is 13.7. The number of carbonyl (C=O) groups excluding carboxylic acids is 2. The minimum absolute atomic E-state index is 0.0516. The number of phenols is 1. The van der Waals surface area contributed by atoms with E-state index in [-0.39, 0.29) is 17.7 Å². The average molecular weight is 493 g/mol. The average Bonchev–Trinajstić information content (AvgIpc) is 3.20. The van der Waals surface area contributed by atoms with Crippen molar-refractivity contribution in [1.29, 1.82) is 0 Å². The Bertz CT molecular complexity index is 1040. The largest absolute Gasteiger partial charge is 0.508 e. The number of aliphatic hydroxyl groups is 1. The van der Waals surface area contributed by atoms with Crippen LogP contribution in [0.4, 0.5) is 0 Å². The van der Waals surface area contributed by atoms with Gasteiger partial charge in [0.25, 0.3) is 0 Å². The molecule has 5 heteroatoms. The highest BCUT2D eigenvalue weighted by molar-refractivity contribution is 5.90. The third-order valence-electron chi connectivity index (χ3n) is 8.34. The third kappa shape index (κ3) is 6.00. The molecule has 5 nitrogen and oxygen atoms in total. The maximum absolute atomic E-state index is 12.7. The zero-order valence-corrected chi connectivity index (χ0v) is 21.5. The zero-order chi connectivity index (χ0) is 25.5. The molecule has 2 aromatic rings. The summed E-state index contributed by atoms with van der Waals surface area (Å²) in [6, 6.07) is 14.0. The number of methoxy groups -OCH3 is 1. The first-order valence-electron chi connectivity index (χ1n) is 13.7. The molecule has 0 amide bonds. The van der Waals surface area contributed by atoms with E-state index in [2.05, 4.69) is 29.0 Å². The van der Waals surface area contributed by atoms with Crippen molar-refractivity contribution in [3.05, 3.63) is 53.6 Å². The molecule has 194 valence electrons. The molecule has 0 aliphatic heterocycles. The molecule has 2 aliphatic carbocycles. The number of benzene rings is 2. The van der Waals surface area contributed by atoms with E-state index in [9.17, 15) is 19.8 Å². The summed E-state index contributed by atoms with van der Waals surface area (Å²) in [6.45, 7) is 0. The summed E-state index contributed by atoms with van der Waals surface area (Å²) in [4.78, 5) is 24.0. The van der Waals surface area contributed by atoms with Gasteiger partial charge in [0.2, 0.25) is 0 Å². The lowest BCUT2D eigenvalue weighted by Gasteiger charge is -2.29. The van der Waals surface area contributed by atoms with Gasteiger partial charge in [-0.3, -0.25) is 9.59 Å². The molecule has 2 atom stereocenters. The molecule has 2 N–H and O–H groups in total. The maximum Gasteiger partial charge on any atom is 0.305 e. The van der Waals surface area contributed by atoms with Crippen molar-refractivity contribution in [3.63, 3.8) is 0 Å². The van der Waals surface area contributed by atoms with Crippen molar-refractivity contribution in [2.24, 2.45) is 0 Å². The van der Waals surface area contributed by atoms with Crippen LogP contribution < -0.4 is 0 Å². The molecule has 36 heavy (non-hydrogen) atoms. The molecule has 0 bridgehead atoms. The van der Waals surface area contributed by atoms with Crippen molar-refractivity contribution in [2.75, 3.05) is 7.11 Å². The summed E-state index contributed by atoms with van der Waals surface area (Å²) in [7, 11) is 1.40. The van der Waals surface area contributed by atoms with Gasteiger partial charge < -0.3 is 14.9 Å². The topological polar surface area (TPSA) is 83.8 Å². The number of carbonyl (C=O) groups is 2. The fraction of sp³-hybridized carbons (Fsp3) is 0.548. The number of rotatable bonds is 10. The summed E-state index contributed by atoms with van der Waals surface area (Å²) in [5.74, 6) is 0.360. The molecular weight excluding hydrogens is 452 g/mol. The van der Waals surface area contributed by atoms with Crippen LogP contribution in [0.2, 0.25) is 0 Å². The second kappa shape index (κ2) is 12.1. The quantitative estimate of drug-likeness (QED) is 0.281. The molecule has 0 radical (unpaired) electrons. The molecule has 2 fully saturated rings. The van der Waals surface area contributed by atoms with E-state index in [1.807, 2.05) is 12.1 Å². The van der Waals surface area contributed by atoms with E-state index in [1.54, 1.807) is 6.07 Å². The first-order chi connectivity index (χ1) is 17.4. The number of Topliss-reactive ketones (excluding diaryl/α,β-unsaturated/α-hetero) is 1. The van der Waals surface area contributed by atoms with Gasteiger partial charge in [0.1, 0.15) is 11.4 Å². The lowest BCUT2D eigenvalue weighted by Crippen LogP contribution is -2.38. The fourth-order valence-corrected chi connectivity index (χ4v) is 6.26. The fourth-order valence-electron chi connectivity index (χ4n) is 6.26. The van der Waals surface area contributed by atoms with Crippen LogP contribution in [-0.4, -0.2) is 34.7 Å². The molecule has 0 heterocycles. The van der Waals surface area contributed by atoms with Gasteiger partial charge in [-0.2, -0.15) is 0 Å². The van der Waals surface area contributed by atoms with Gasteiger partial charge in [0.15, 0.2) is 5.78 Å². The van der Waals surface area contributed by atoms with E-state index in [1.165, 1.54) is 31.9 Å². The van der Waals surface area contributed by atoms with Crippen molar-refractivity contribution in [2.45, 2.75) is 101 Å². The van der Waals surface area contributed by atoms with E-state index < -0.39 is 5.60 Å². The van der Waals surface area contributed by atoms with E-state index in [0.717, 1.165) is 55.2 Å². The number of ether oxygens (including phenoxy) is 1. The minimum atomic E-state index is -1.31. The van der Waals surface area contributed by atoms with Crippen LogP contribution in [0.15, 0.2) is 42.5 Å². The highest BCUT2D eigenvalue weighted by atomic mass is 16.5. The van der Waals surface area contributed by atoms with Crippen LogP contribution in [0, 0.1) is 0 Å². The molecule has 2 saturated carbocycles. The van der Waals surface area contributed by atoms with Gasteiger partial charge in [0, 0.05) is 18.8 Å². The second-order valence-electron chi connectivity index (χ2n) is 10.7. The zero-order valence-electron chi connectivity index (χ0n) is 21.5. The van der Waals surface area contributed by atoms with Crippen LogP contribution in [-0.2, 0) is 14.3 Å². The van der Waals surface area contributed by atoms with Gasteiger partial charge in [0.05, 0.1) is 7.11 Å². The summed E-state index contributed by atoms with van der Waals surface area (Å²) in [5, 5.41) is 21.6. The Labute approximate surface area is 214 Å². The number of ketones is 1. The number of unbranched alkanes of at least 4 members (excludes halogenated alkanes) is 3. The van der Waals surface area contributed by atoms with Gasteiger partial charge in [-0.05, 0) is 72.4 Å². The number of phenolic OH excluding ortho intramolecular Hbond substituents is 1. The molecule has 2 aromatic carbocycles. The Morgan fingerprint density at radius 3 is 2.42 bits per heavy atom. The van der Waals surface area contributed by atoms with Gasteiger partial charge in [-0.1, -0.05) is 68.9 Å². The number of hydrogen-bond donors (Lipinski definition) is 2. The van der Waals surface area contributed by atoms with E-state index >= 15 is 0 Å². The van der Waals surface area contributed by atoms with Gasteiger partial charge >= 0.3 is 5.97 Å². The number of aromatic hydroxyl groups is 1. The summed E-state index contributed by atoms with van der Waals surface area (Å²) in [5.41, 5.74) is 3.20. The number of hydrogen-bond acceptors (Lipinski definition) is 5. The molecule has 0 saturated heterocycles. The monoisotopic (exact) mass is 492 g/mol. The van der Waals surface area contributed by atoms with Crippen LogP contribution in [0.25, 0.3) is 11.1 Å². The van der Waals surface area contributed by atoms with Gasteiger partial charge in [-0.25, -0.2) is 0 Å². The predicted octanol–water partition coefficient (Wildman–Crippen LogP) is 6.80. The van der Waals surface area contributed by atoms with Crippen molar-refractivity contribution < 1.29 is 24.5 Å². The summed E-state index contributed by atoms with van der Waals surface area (Å²) < 4.78 is 4.68. The molecule has 0 spiro atoms. The summed E-state index contributed by atoms with van der Waals surface area (Å²) in [6.07, 6.45) is 11.3. The minimum Gasteiger partial charge on any atom is -0.508 e. The smallest absolute Gasteiger partial charge is 0.305 e. The van der Waals surface area contributed by atoms with Crippen LogP contribution in [0.1, 0.15) is 106 Å². The Morgan fingerprint density at radius 1 is 0.972 bits per heavy atom. The SMILES string of the molecule is COC(=O)CCCCCCC1(O)C(=O)CCC1c1ccc(-c2ccc(O)cc2C2CCCCC2)cc1. The molecular formula is C31H40O5. The highest BCUT2D eigenvalue weighted by Crippen LogP contribution is 2.45. The standard InChI is InChI=1S/C31H40O5/c1-36-30(34)11-7-2-3-8-20-31(35)28(18-19-29(31)33)24-14-12-23(13-15-24)26-17-16-25(32)21-27(26)22-9-5-4-6-10-22/h12-17,21-22,28,32,35H,2-11,18-20H2,1H3. The predicted molar refractivity (Wildman–Crippen MR) is 141 cm³/mol. The van der Waals surface area contributed by atoms with Crippen LogP contribution in [0.3, 0.4) is 0 Å². The Balaban J connectivity index is 1.44. The molecule has 0 aromatic heterocycles. The van der Waals surface area contributed by atoms with E-state index in [0.29, 0.717) is 37.4 Å². The van der Waals surface area contributed by atoms with Crippen molar-refractivity contribution in [1.82, 2.24) is 0 Å². The molecule has 4 rings (SSSR count). The highest BCUT2D eigenvalue weighted by Gasteiger charge is 2.48. The lowest BCUT2D eigenvalue weighted by atomic mass is 9.79. The molecule has 2 unspecified atom stereocenters. The van der Waals surface area contributed by atoms with Crippen molar-refractivity contribution in [3.8, 4) is 16.9 Å². The Kier molecular flexibility index (Phi) is 8.84. The van der Waals surface area contributed by atoms with Gasteiger partial charge in [-0.15, -0.1) is 0 Å². The second-order valence-corrected chi connectivity index (χ2v) is 10.7. The number of esters is 1. The Morgan fingerprint density at radius 2 is 1.69 bits per heavy atom. The Hall–Kier alpha value is -2.66. The normalized spacial score (nSPS) is 22.6. The maximum atomic E-state index is 12.7. The van der Waals surface area contributed by atoms with Crippen LogP contribution >= 0.6 is 0 Å². The molecule has 2 aliphatic rings. The first kappa shape index (κ1) is 26.4. The third-order valence-corrected chi connectivity index (χ3v) is 8.34. The van der Waals surface area contributed by atoms with E-state index in [4.69, 9.17) is 0 Å². The van der Waals surface area contributed by atoms with Crippen LogP contribution in [0.5, 0.6) is 5.75 Å². The summed E-state index contributed by atoms with van der Waals surface area (Å²) >= 11 is 0. The lowest BCUT2D eigenvalue weighted by molar-refractivity contribution is -0.140.